The molecule has 172 valence electrons. The Balaban J connectivity index is 2.32. The van der Waals surface area contributed by atoms with Crippen LogP contribution >= 0.6 is 0 Å². The highest BCUT2D eigenvalue weighted by Gasteiger charge is 2.37. The fraction of sp³-hybridized carbons (Fsp3) is 0.391. The second-order valence-corrected chi connectivity index (χ2v) is 7.71. The number of likely N-dealkylation sites (N-methyl/N-ethyl adjacent to an activating group) is 1. The minimum Gasteiger partial charge on any atom is -0.367 e. The SMILES string of the molecule is CNC(=O)[C@H](Cc1ccccc1)NC(=O)[C@H](Cc1ccc(C)c(C)c1)[C@H](ON)C(O)N=O. The molecule has 4 atom stereocenters. The lowest BCUT2D eigenvalue weighted by molar-refractivity contribution is -0.139. The number of aliphatic hydroxyl groups excluding tert-OH is 1. The van der Waals surface area contributed by atoms with Crippen LogP contribution in [0.15, 0.2) is 53.7 Å². The molecular weight excluding hydrogens is 412 g/mol. The van der Waals surface area contributed by atoms with E-state index in [1.54, 1.807) is 0 Å². The number of aryl methyl sites for hydroxylation is 2. The van der Waals surface area contributed by atoms with E-state index in [0.717, 1.165) is 22.3 Å². The summed E-state index contributed by atoms with van der Waals surface area (Å²) in [4.78, 5) is 41.5. The summed E-state index contributed by atoms with van der Waals surface area (Å²) in [5, 5.41) is 17.8. The Hall–Kier alpha value is -3.14. The van der Waals surface area contributed by atoms with E-state index in [0.29, 0.717) is 0 Å². The second-order valence-electron chi connectivity index (χ2n) is 7.71. The smallest absolute Gasteiger partial charge is 0.242 e. The summed E-state index contributed by atoms with van der Waals surface area (Å²) >= 11 is 0. The van der Waals surface area contributed by atoms with Crippen molar-refractivity contribution in [3.05, 3.63) is 75.7 Å². The van der Waals surface area contributed by atoms with Gasteiger partial charge in [-0.3, -0.25) is 14.4 Å². The van der Waals surface area contributed by atoms with Crippen LogP contribution in [0.1, 0.15) is 22.3 Å². The molecule has 0 fully saturated rings. The van der Waals surface area contributed by atoms with Gasteiger partial charge in [0.25, 0.3) is 0 Å². The van der Waals surface area contributed by atoms with Gasteiger partial charge in [0.2, 0.25) is 18.0 Å². The van der Waals surface area contributed by atoms with Gasteiger partial charge in [-0.25, -0.2) is 5.90 Å². The summed E-state index contributed by atoms with van der Waals surface area (Å²) in [6.45, 7) is 3.90. The fourth-order valence-electron chi connectivity index (χ4n) is 3.49. The first kappa shape index (κ1) is 25.1. The topological polar surface area (TPSA) is 143 Å². The Morgan fingerprint density at radius 3 is 2.28 bits per heavy atom. The van der Waals surface area contributed by atoms with Gasteiger partial charge in [-0.1, -0.05) is 48.5 Å². The van der Waals surface area contributed by atoms with E-state index >= 15 is 0 Å². The Kier molecular flexibility index (Phi) is 9.45. The predicted octanol–water partition coefficient (Wildman–Crippen LogP) is 1.28. The average molecular weight is 443 g/mol. The number of carbonyl (C=O) groups excluding carboxylic acids is 2. The summed E-state index contributed by atoms with van der Waals surface area (Å²) < 4.78 is 0. The number of benzene rings is 2. The van der Waals surface area contributed by atoms with Crippen LogP contribution < -0.4 is 16.5 Å². The zero-order valence-electron chi connectivity index (χ0n) is 18.4. The zero-order valence-corrected chi connectivity index (χ0v) is 18.4. The highest BCUT2D eigenvalue weighted by molar-refractivity contribution is 5.89. The highest BCUT2D eigenvalue weighted by atomic mass is 16.6. The van der Waals surface area contributed by atoms with Gasteiger partial charge in [0.05, 0.1) is 5.92 Å². The van der Waals surface area contributed by atoms with Crippen LogP contribution in [0.3, 0.4) is 0 Å². The summed E-state index contributed by atoms with van der Waals surface area (Å²) in [6.07, 6.45) is -2.87. The van der Waals surface area contributed by atoms with Crippen molar-refractivity contribution in [2.75, 3.05) is 7.05 Å². The number of nitrogens with zero attached hydrogens (tertiary/aromatic N) is 1. The van der Waals surface area contributed by atoms with Crippen LogP contribution in [0.5, 0.6) is 0 Å². The summed E-state index contributed by atoms with van der Waals surface area (Å²) in [5.74, 6) is 3.27. The predicted molar refractivity (Wildman–Crippen MR) is 120 cm³/mol. The van der Waals surface area contributed by atoms with Crippen molar-refractivity contribution in [2.45, 2.75) is 45.1 Å². The molecule has 32 heavy (non-hydrogen) atoms. The molecule has 0 saturated carbocycles. The zero-order chi connectivity index (χ0) is 23.7. The molecule has 0 radical (unpaired) electrons. The van der Waals surface area contributed by atoms with Crippen molar-refractivity contribution in [1.82, 2.24) is 10.6 Å². The number of nitroso groups, excluding NO2 is 1. The summed E-state index contributed by atoms with van der Waals surface area (Å²) in [6, 6.07) is 14.0. The van der Waals surface area contributed by atoms with Crippen molar-refractivity contribution >= 4 is 11.8 Å². The van der Waals surface area contributed by atoms with Crippen molar-refractivity contribution < 1.29 is 19.5 Å². The molecule has 0 aliphatic rings. The van der Waals surface area contributed by atoms with E-state index in [1.807, 2.05) is 62.4 Å². The molecule has 2 aromatic rings. The highest BCUT2D eigenvalue weighted by Crippen LogP contribution is 2.21. The summed E-state index contributed by atoms with van der Waals surface area (Å²) in [7, 11) is 1.48. The number of carbonyl (C=O) groups is 2. The van der Waals surface area contributed by atoms with Crippen LogP contribution in [0.2, 0.25) is 0 Å². The Morgan fingerprint density at radius 1 is 1.03 bits per heavy atom. The Morgan fingerprint density at radius 2 is 1.72 bits per heavy atom. The Bertz CT molecular complexity index is 922. The molecule has 0 aliphatic carbocycles. The van der Waals surface area contributed by atoms with E-state index in [1.165, 1.54) is 7.05 Å². The molecule has 5 N–H and O–H groups in total. The molecule has 0 heterocycles. The first-order chi connectivity index (χ1) is 15.3. The van der Waals surface area contributed by atoms with E-state index in [-0.39, 0.29) is 18.7 Å². The molecule has 2 amide bonds. The number of nitrogens with one attached hydrogen (secondary N) is 2. The van der Waals surface area contributed by atoms with E-state index in [9.17, 15) is 19.6 Å². The van der Waals surface area contributed by atoms with Gasteiger partial charge in [-0.15, -0.1) is 4.91 Å². The molecule has 2 aromatic carbocycles. The van der Waals surface area contributed by atoms with Gasteiger partial charge in [0, 0.05) is 13.5 Å². The maximum absolute atomic E-state index is 13.3. The van der Waals surface area contributed by atoms with Gasteiger partial charge in [-0.2, -0.15) is 0 Å². The quantitative estimate of drug-likeness (QED) is 0.305. The third-order valence-electron chi connectivity index (χ3n) is 5.48. The standard InChI is InChI=1S/C23H30N4O5/c1-14-9-10-17(11-15(14)2)12-18(20(32-24)23(30)27-31)21(28)26-19(22(29)25-3)13-16-7-5-4-6-8-16/h4-11,18-20,23,30H,12-13,24H2,1-3H3,(H,25,29)(H,26,28)/t18-,19+,20+,23?/m1/s1. The number of aliphatic hydroxyl groups is 1. The van der Waals surface area contributed by atoms with E-state index in [2.05, 4.69) is 15.8 Å². The van der Waals surface area contributed by atoms with Gasteiger partial charge in [0.15, 0.2) is 0 Å². The van der Waals surface area contributed by atoms with Crippen LogP contribution in [0.25, 0.3) is 0 Å². The second kappa shape index (κ2) is 12.0. The largest absolute Gasteiger partial charge is 0.367 e. The first-order valence-corrected chi connectivity index (χ1v) is 10.3. The third kappa shape index (κ3) is 6.68. The van der Waals surface area contributed by atoms with Crippen LogP contribution in [0.4, 0.5) is 0 Å². The Labute approximate surface area is 187 Å². The minimum absolute atomic E-state index is 0.118. The molecule has 9 nitrogen and oxygen atoms in total. The minimum atomic E-state index is -1.85. The summed E-state index contributed by atoms with van der Waals surface area (Å²) in [5.41, 5.74) is 3.74. The molecule has 0 bridgehead atoms. The van der Waals surface area contributed by atoms with Crippen molar-refractivity contribution in [3.63, 3.8) is 0 Å². The van der Waals surface area contributed by atoms with Gasteiger partial charge in [0.1, 0.15) is 12.1 Å². The molecule has 0 aliphatic heterocycles. The normalized spacial score (nSPS) is 14.7. The van der Waals surface area contributed by atoms with Gasteiger partial charge < -0.3 is 15.7 Å². The maximum atomic E-state index is 13.3. The fourth-order valence-corrected chi connectivity index (χ4v) is 3.49. The number of nitrogens with two attached hydrogens (primary N) is 1. The van der Waals surface area contributed by atoms with Gasteiger partial charge in [-0.05, 0) is 47.7 Å². The van der Waals surface area contributed by atoms with Crippen LogP contribution in [0, 0.1) is 24.7 Å². The van der Waals surface area contributed by atoms with Crippen molar-refractivity contribution in [2.24, 2.45) is 17.0 Å². The number of amides is 2. The molecule has 2 rings (SSSR count). The van der Waals surface area contributed by atoms with E-state index < -0.39 is 30.2 Å². The first-order valence-electron chi connectivity index (χ1n) is 10.3. The van der Waals surface area contributed by atoms with Crippen molar-refractivity contribution in [1.29, 1.82) is 0 Å². The molecular formula is C23H30N4O5. The van der Waals surface area contributed by atoms with Crippen molar-refractivity contribution in [3.8, 4) is 0 Å². The average Bonchev–Trinajstić information content (AvgIpc) is 2.80. The monoisotopic (exact) mass is 442 g/mol. The third-order valence-corrected chi connectivity index (χ3v) is 5.48. The van der Waals surface area contributed by atoms with Crippen LogP contribution in [-0.4, -0.2) is 42.3 Å². The lowest BCUT2D eigenvalue weighted by atomic mass is 9.90. The molecule has 0 saturated heterocycles. The number of hydrogen-bond donors (Lipinski definition) is 4. The number of rotatable bonds is 11. The number of hydrogen-bond acceptors (Lipinski definition) is 7. The molecule has 0 aromatic heterocycles. The maximum Gasteiger partial charge on any atom is 0.242 e. The van der Waals surface area contributed by atoms with E-state index in [4.69, 9.17) is 10.7 Å². The molecule has 1 unspecified atom stereocenters. The molecule has 0 spiro atoms. The molecule has 9 heteroatoms. The van der Waals surface area contributed by atoms with Gasteiger partial charge >= 0.3 is 0 Å². The lowest BCUT2D eigenvalue weighted by Gasteiger charge is -2.27. The lowest BCUT2D eigenvalue weighted by Crippen LogP contribution is -2.53. The van der Waals surface area contributed by atoms with Crippen LogP contribution in [-0.2, 0) is 27.3 Å².